The van der Waals surface area contributed by atoms with Gasteiger partial charge < -0.3 is 10.1 Å². The summed E-state index contributed by atoms with van der Waals surface area (Å²) in [5.74, 6) is 1.58. The van der Waals surface area contributed by atoms with Crippen LogP contribution in [-0.4, -0.2) is 11.5 Å². The fraction of sp³-hybridized carbons (Fsp3) is 0.312. The number of hydrogen-bond acceptors (Lipinski definition) is 3. The van der Waals surface area contributed by atoms with Crippen molar-refractivity contribution in [2.45, 2.75) is 26.8 Å². The van der Waals surface area contributed by atoms with E-state index in [1.165, 1.54) is 5.56 Å². The molecule has 1 heterocycles. The van der Waals surface area contributed by atoms with Crippen LogP contribution in [0.15, 0.2) is 41.0 Å². The van der Waals surface area contributed by atoms with Gasteiger partial charge >= 0.3 is 0 Å². The molecule has 0 fully saturated rings. The van der Waals surface area contributed by atoms with Crippen molar-refractivity contribution in [3.8, 4) is 11.5 Å². The lowest BCUT2D eigenvalue weighted by Gasteiger charge is -2.15. The molecule has 1 unspecified atom stereocenters. The highest BCUT2D eigenvalue weighted by Crippen LogP contribution is 2.32. The van der Waals surface area contributed by atoms with E-state index in [1.54, 1.807) is 6.20 Å². The summed E-state index contributed by atoms with van der Waals surface area (Å²) in [4.78, 5) is 4.22. The van der Waals surface area contributed by atoms with Gasteiger partial charge in [-0.2, -0.15) is 0 Å². The van der Waals surface area contributed by atoms with E-state index in [1.807, 2.05) is 25.1 Å². The number of nitrogens with zero attached hydrogens (tertiary/aromatic N) is 1. The van der Waals surface area contributed by atoms with Crippen LogP contribution in [0.2, 0.25) is 0 Å². The Morgan fingerprint density at radius 3 is 2.75 bits per heavy atom. The molecule has 20 heavy (non-hydrogen) atoms. The minimum atomic E-state index is 0.325. The number of halogens is 1. The Morgan fingerprint density at radius 2 is 2.10 bits per heavy atom. The van der Waals surface area contributed by atoms with Gasteiger partial charge in [0, 0.05) is 12.2 Å². The van der Waals surface area contributed by atoms with Gasteiger partial charge in [0.25, 0.3) is 0 Å². The molecule has 4 heteroatoms. The molecule has 106 valence electrons. The number of aromatic nitrogens is 1. The first-order chi connectivity index (χ1) is 9.61. The van der Waals surface area contributed by atoms with Crippen LogP contribution < -0.4 is 10.1 Å². The third kappa shape index (κ3) is 3.58. The summed E-state index contributed by atoms with van der Waals surface area (Å²) >= 11 is 3.58. The molecular weight excluding hydrogens is 316 g/mol. The minimum Gasteiger partial charge on any atom is -0.454 e. The van der Waals surface area contributed by atoms with E-state index in [2.05, 4.69) is 52.2 Å². The lowest BCUT2D eigenvalue weighted by atomic mass is 10.1. The van der Waals surface area contributed by atoms with Crippen molar-refractivity contribution in [3.63, 3.8) is 0 Å². The minimum absolute atomic E-state index is 0.325. The maximum absolute atomic E-state index is 5.90. The molecule has 0 aliphatic carbocycles. The Morgan fingerprint density at radius 1 is 1.30 bits per heavy atom. The molecule has 1 aromatic carbocycles. The number of hydrogen-bond donors (Lipinski definition) is 1. The van der Waals surface area contributed by atoms with Crippen molar-refractivity contribution < 1.29 is 4.74 Å². The monoisotopic (exact) mass is 334 g/mol. The molecule has 1 N–H and O–H groups in total. The molecule has 0 spiro atoms. The number of rotatable bonds is 5. The van der Waals surface area contributed by atoms with Gasteiger partial charge in [0.15, 0.2) is 0 Å². The van der Waals surface area contributed by atoms with Crippen molar-refractivity contribution in [1.82, 2.24) is 10.3 Å². The van der Waals surface area contributed by atoms with Crippen molar-refractivity contribution >= 4 is 15.9 Å². The molecule has 0 aliphatic rings. The second kappa shape index (κ2) is 6.86. The van der Waals surface area contributed by atoms with Gasteiger partial charge in [0.2, 0.25) is 0 Å². The summed E-state index contributed by atoms with van der Waals surface area (Å²) in [6.07, 6.45) is 1.76. The van der Waals surface area contributed by atoms with E-state index in [0.717, 1.165) is 28.2 Å². The topological polar surface area (TPSA) is 34.1 Å². The molecule has 0 radical (unpaired) electrons. The van der Waals surface area contributed by atoms with Crippen molar-refractivity contribution in [1.29, 1.82) is 0 Å². The number of ether oxygens (including phenoxy) is 1. The fourth-order valence-electron chi connectivity index (χ4n) is 1.99. The zero-order valence-corrected chi connectivity index (χ0v) is 13.6. The molecule has 2 rings (SSSR count). The zero-order chi connectivity index (χ0) is 14.5. The third-order valence-corrected chi connectivity index (χ3v) is 3.76. The Balaban J connectivity index is 2.20. The van der Waals surface area contributed by atoms with Gasteiger partial charge in [-0.05, 0) is 66.2 Å². The Hall–Kier alpha value is -1.39. The van der Waals surface area contributed by atoms with E-state index in [4.69, 9.17) is 4.74 Å². The fourth-order valence-corrected chi connectivity index (χ4v) is 2.47. The maximum atomic E-state index is 5.90. The van der Waals surface area contributed by atoms with Crippen LogP contribution in [0.5, 0.6) is 11.5 Å². The van der Waals surface area contributed by atoms with E-state index in [-0.39, 0.29) is 0 Å². The first-order valence-electron chi connectivity index (χ1n) is 6.74. The van der Waals surface area contributed by atoms with Gasteiger partial charge in [-0.1, -0.05) is 13.0 Å². The third-order valence-electron chi connectivity index (χ3n) is 3.14. The standard InChI is InChI=1S/C16H19BrN2O/c1-4-18-11(2)13-7-8-16(14(17)10-13)20-15-6-5-9-19-12(15)3/h5-11,18H,4H2,1-3H3. The molecule has 2 aromatic rings. The highest BCUT2D eigenvalue weighted by Gasteiger charge is 2.09. The average molecular weight is 335 g/mol. The number of pyridine rings is 1. The normalized spacial score (nSPS) is 12.2. The predicted molar refractivity (Wildman–Crippen MR) is 85.3 cm³/mol. The van der Waals surface area contributed by atoms with Crippen molar-refractivity contribution in [2.75, 3.05) is 6.54 Å². The molecule has 0 bridgehead atoms. The van der Waals surface area contributed by atoms with Crippen LogP contribution in [0.3, 0.4) is 0 Å². The average Bonchev–Trinajstić information content (AvgIpc) is 2.43. The number of aryl methyl sites for hydroxylation is 1. The van der Waals surface area contributed by atoms with Crippen molar-refractivity contribution in [3.05, 3.63) is 52.3 Å². The first kappa shape index (κ1) is 15.0. The quantitative estimate of drug-likeness (QED) is 0.866. The van der Waals surface area contributed by atoms with Gasteiger partial charge in [0.05, 0.1) is 10.2 Å². The van der Waals surface area contributed by atoms with E-state index < -0.39 is 0 Å². The summed E-state index contributed by atoms with van der Waals surface area (Å²) in [5, 5.41) is 3.40. The van der Waals surface area contributed by atoms with Crippen LogP contribution in [-0.2, 0) is 0 Å². The largest absolute Gasteiger partial charge is 0.454 e. The Kier molecular flexibility index (Phi) is 5.15. The number of benzene rings is 1. The molecule has 0 saturated carbocycles. The van der Waals surface area contributed by atoms with E-state index in [9.17, 15) is 0 Å². The summed E-state index contributed by atoms with van der Waals surface area (Å²) in [6, 6.07) is 10.3. The maximum Gasteiger partial charge on any atom is 0.148 e. The first-order valence-corrected chi connectivity index (χ1v) is 7.53. The lowest BCUT2D eigenvalue weighted by Crippen LogP contribution is -2.17. The van der Waals surface area contributed by atoms with E-state index >= 15 is 0 Å². The SMILES string of the molecule is CCNC(C)c1ccc(Oc2cccnc2C)c(Br)c1. The highest BCUT2D eigenvalue weighted by molar-refractivity contribution is 9.10. The summed E-state index contributed by atoms with van der Waals surface area (Å²) in [6.45, 7) is 7.14. The van der Waals surface area contributed by atoms with Crippen LogP contribution in [0.4, 0.5) is 0 Å². The van der Waals surface area contributed by atoms with Gasteiger partial charge in [0.1, 0.15) is 11.5 Å². The zero-order valence-electron chi connectivity index (χ0n) is 12.0. The molecule has 0 amide bonds. The number of nitrogens with one attached hydrogen (secondary N) is 1. The van der Waals surface area contributed by atoms with Crippen LogP contribution in [0.1, 0.15) is 31.1 Å². The van der Waals surface area contributed by atoms with Crippen LogP contribution >= 0.6 is 15.9 Å². The molecule has 0 saturated heterocycles. The van der Waals surface area contributed by atoms with Gasteiger partial charge in [-0.3, -0.25) is 4.98 Å². The van der Waals surface area contributed by atoms with Gasteiger partial charge in [-0.25, -0.2) is 0 Å². The smallest absolute Gasteiger partial charge is 0.148 e. The molecule has 1 aromatic heterocycles. The Bertz CT molecular complexity index is 586. The van der Waals surface area contributed by atoms with Crippen LogP contribution in [0.25, 0.3) is 0 Å². The second-order valence-corrected chi connectivity index (χ2v) is 5.51. The molecular formula is C16H19BrN2O. The highest BCUT2D eigenvalue weighted by atomic mass is 79.9. The summed E-state index contributed by atoms with van der Waals surface area (Å²) < 4.78 is 6.85. The molecule has 0 aliphatic heterocycles. The lowest BCUT2D eigenvalue weighted by molar-refractivity contribution is 0.472. The molecule has 3 nitrogen and oxygen atoms in total. The van der Waals surface area contributed by atoms with Gasteiger partial charge in [-0.15, -0.1) is 0 Å². The Labute approximate surface area is 128 Å². The predicted octanol–water partition coefficient (Wildman–Crippen LogP) is 4.62. The van der Waals surface area contributed by atoms with Crippen molar-refractivity contribution in [2.24, 2.45) is 0 Å². The van der Waals surface area contributed by atoms with E-state index in [0.29, 0.717) is 6.04 Å². The summed E-state index contributed by atoms with van der Waals surface area (Å²) in [5.41, 5.74) is 2.11. The summed E-state index contributed by atoms with van der Waals surface area (Å²) in [7, 11) is 0. The van der Waals surface area contributed by atoms with Crippen LogP contribution in [0, 0.1) is 6.92 Å². The molecule has 1 atom stereocenters. The second-order valence-electron chi connectivity index (χ2n) is 4.66.